The zero-order valence-corrected chi connectivity index (χ0v) is 27.8. The second kappa shape index (κ2) is 16.1. The van der Waals surface area contributed by atoms with Crippen molar-refractivity contribution in [3.8, 4) is 28.4 Å². The maximum atomic E-state index is 13.8. The molecular weight excluding hydrogens is 612 g/mol. The van der Waals surface area contributed by atoms with Crippen LogP contribution in [0.1, 0.15) is 25.8 Å². The number of nitrogens with zero attached hydrogens (tertiary/aromatic N) is 1. The van der Waals surface area contributed by atoms with Crippen molar-refractivity contribution in [3.63, 3.8) is 0 Å². The van der Waals surface area contributed by atoms with Crippen LogP contribution in [-0.4, -0.2) is 89.8 Å². The smallest absolute Gasteiger partial charge is 0.407 e. The predicted octanol–water partition coefficient (Wildman–Crippen LogP) is 4.51. The van der Waals surface area contributed by atoms with E-state index < -0.39 is 34.4 Å². The first-order valence-electron chi connectivity index (χ1n) is 15.2. The molecule has 0 unspecified atom stereocenters. The normalized spacial score (nSPS) is 16.2. The zero-order chi connectivity index (χ0) is 33.3. The third-order valence-electron chi connectivity index (χ3n) is 7.65. The van der Waals surface area contributed by atoms with Crippen LogP contribution < -0.4 is 19.5 Å². The molecule has 0 spiro atoms. The summed E-state index contributed by atoms with van der Waals surface area (Å²) in [7, 11) is 0.682. The number of hydrogen-bond donors (Lipinski definition) is 2. The summed E-state index contributed by atoms with van der Waals surface area (Å²) >= 11 is 0. The van der Waals surface area contributed by atoms with E-state index in [1.54, 1.807) is 32.4 Å². The number of ether oxygens (including phenoxy) is 5. The van der Waals surface area contributed by atoms with Crippen molar-refractivity contribution in [1.29, 1.82) is 0 Å². The van der Waals surface area contributed by atoms with E-state index in [1.165, 1.54) is 23.5 Å². The lowest BCUT2D eigenvalue weighted by Crippen LogP contribution is -2.51. The first-order chi connectivity index (χ1) is 22.0. The minimum atomic E-state index is -3.99. The van der Waals surface area contributed by atoms with Crippen LogP contribution in [0.15, 0.2) is 71.6 Å². The highest BCUT2D eigenvalue weighted by Crippen LogP contribution is 2.30. The Morgan fingerprint density at radius 3 is 2.20 bits per heavy atom. The van der Waals surface area contributed by atoms with Gasteiger partial charge in [-0.3, -0.25) is 0 Å². The second-order valence-electron chi connectivity index (χ2n) is 11.6. The largest absolute Gasteiger partial charge is 0.497 e. The zero-order valence-electron chi connectivity index (χ0n) is 27.0. The molecule has 0 radical (unpaired) electrons. The lowest BCUT2D eigenvalue weighted by Gasteiger charge is -2.31. The summed E-state index contributed by atoms with van der Waals surface area (Å²) in [6, 6.07) is 18.5. The lowest BCUT2D eigenvalue weighted by molar-refractivity contribution is 0.0644. The van der Waals surface area contributed by atoms with Crippen LogP contribution in [0.3, 0.4) is 0 Å². The van der Waals surface area contributed by atoms with Crippen molar-refractivity contribution in [3.05, 3.63) is 72.3 Å². The topological polar surface area (TPSA) is 133 Å². The predicted molar refractivity (Wildman–Crippen MR) is 174 cm³/mol. The van der Waals surface area contributed by atoms with E-state index in [0.29, 0.717) is 36.9 Å². The van der Waals surface area contributed by atoms with Gasteiger partial charge in [-0.1, -0.05) is 38.1 Å². The Kier molecular flexibility index (Phi) is 12.3. The summed E-state index contributed by atoms with van der Waals surface area (Å²) in [6.07, 6.45) is -1.60. The van der Waals surface area contributed by atoms with Crippen molar-refractivity contribution < 1.29 is 42.0 Å². The number of amides is 1. The molecule has 1 amide bonds. The van der Waals surface area contributed by atoms with Crippen LogP contribution in [0.25, 0.3) is 11.1 Å². The number of rotatable bonds is 15. The van der Waals surface area contributed by atoms with Gasteiger partial charge in [0.05, 0.1) is 51.6 Å². The Morgan fingerprint density at radius 1 is 0.935 bits per heavy atom. The summed E-state index contributed by atoms with van der Waals surface area (Å²) in [6.45, 7) is 4.51. The van der Waals surface area contributed by atoms with Crippen molar-refractivity contribution in [2.45, 2.75) is 49.8 Å². The molecule has 0 aromatic heterocycles. The summed E-state index contributed by atoms with van der Waals surface area (Å²) in [5, 5.41) is 14.4. The number of aliphatic hydroxyl groups excluding tert-OH is 1. The number of hydrogen-bond acceptors (Lipinski definition) is 9. The molecule has 1 heterocycles. The first kappa shape index (κ1) is 35.0. The molecule has 4 rings (SSSR count). The number of aliphatic hydroxyl groups is 1. The quantitative estimate of drug-likeness (QED) is 0.242. The number of carbonyl (C=O) groups excluding carboxylic acids is 1. The van der Waals surface area contributed by atoms with E-state index in [0.717, 1.165) is 16.7 Å². The standard InChI is InChI=1S/C34H44N2O9S/c1-23(2)20-36(46(39,40)31-11-9-27(41-3)10-12-31)21-33(37)32(35-34(38)45-28-13-14-44-22-28)16-24-7-6-8-25(15-24)26-17-29(42-4)19-30(18-26)43-5/h6-12,15,17-19,23,28,32-33,37H,13-14,16,20-22H2,1-5H3,(H,35,38)/t28-,32-,33+/m0/s1. The maximum Gasteiger partial charge on any atom is 0.407 e. The summed E-state index contributed by atoms with van der Waals surface area (Å²) in [5.41, 5.74) is 2.54. The molecule has 2 N–H and O–H groups in total. The van der Waals surface area contributed by atoms with Gasteiger partial charge in [0, 0.05) is 25.6 Å². The van der Waals surface area contributed by atoms with Crippen LogP contribution >= 0.6 is 0 Å². The van der Waals surface area contributed by atoms with Gasteiger partial charge in [-0.05, 0) is 65.4 Å². The summed E-state index contributed by atoms with van der Waals surface area (Å²) < 4.78 is 55.7. The molecule has 11 nitrogen and oxygen atoms in total. The first-order valence-corrected chi connectivity index (χ1v) is 16.7. The van der Waals surface area contributed by atoms with E-state index in [4.69, 9.17) is 23.7 Å². The summed E-state index contributed by atoms with van der Waals surface area (Å²) in [5.74, 6) is 1.77. The van der Waals surface area contributed by atoms with Gasteiger partial charge < -0.3 is 34.1 Å². The van der Waals surface area contributed by atoms with Gasteiger partial charge in [0.15, 0.2) is 0 Å². The van der Waals surface area contributed by atoms with Gasteiger partial charge in [0.1, 0.15) is 23.4 Å². The van der Waals surface area contributed by atoms with Gasteiger partial charge in [-0.15, -0.1) is 0 Å². The van der Waals surface area contributed by atoms with Crippen molar-refractivity contribution in [2.24, 2.45) is 5.92 Å². The monoisotopic (exact) mass is 656 g/mol. The molecule has 3 aromatic carbocycles. The Hall–Kier alpha value is -3.84. The highest BCUT2D eigenvalue weighted by Gasteiger charge is 2.32. The van der Waals surface area contributed by atoms with Gasteiger partial charge in [0.2, 0.25) is 10.0 Å². The Labute approximate surface area is 271 Å². The molecular formula is C34H44N2O9S. The third-order valence-corrected chi connectivity index (χ3v) is 9.50. The second-order valence-corrected chi connectivity index (χ2v) is 13.5. The molecule has 250 valence electrons. The van der Waals surface area contributed by atoms with E-state index in [-0.39, 0.29) is 30.3 Å². The van der Waals surface area contributed by atoms with Crippen LogP contribution in [0.5, 0.6) is 17.2 Å². The van der Waals surface area contributed by atoms with E-state index in [2.05, 4.69) is 5.32 Å². The fourth-order valence-corrected chi connectivity index (χ4v) is 6.86. The molecule has 0 saturated carbocycles. The molecule has 12 heteroatoms. The average molecular weight is 657 g/mol. The molecule has 3 atom stereocenters. The van der Waals surface area contributed by atoms with Gasteiger partial charge in [-0.2, -0.15) is 4.31 Å². The van der Waals surface area contributed by atoms with Crippen LogP contribution in [0.4, 0.5) is 4.79 Å². The Morgan fingerprint density at radius 2 is 1.61 bits per heavy atom. The molecule has 0 bridgehead atoms. The van der Waals surface area contributed by atoms with Crippen LogP contribution in [-0.2, 0) is 25.9 Å². The molecule has 46 heavy (non-hydrogen) atoms. The van der Waals surface area contributed by atoms with E-state index in [1.807, 2.05) is 50.2 Å². The van der Waals surface area contributed by atoms with Crippen LogP contribution in [0, 0.1) is 5.92 Å². The van der Waals surface area contributed by atoms with E-state index in [9.17, 15) is 18.3 Å². The third kappa shape index (κ3) is 9.35. The number of nitrogens with one attached hydrogen (secondary N) is 1. The van der Waals surface area contributed by atoms with Crippen molar-refractivity contribution in [1.82, 2.24) is 9.62 Å². The molecule has 1 aliphatic heterocycles. The minimum absolute atomic E-state index is 0.0319. The Bertz CT molecular complexity index is 1520. The SMILES string of the molecule is COc1ccc(S(=O)(=O)N(CC(C)C)C[C@@H](O)[C@H](Cc2cccc(-c3cc(OC)cc(OC)c3)c2)NC(=O)O[C@H]2CCOC2)cc1. The Balaban J connectivity index is 1.62. The van der Waals surface area contributed by atoms with E-state index >= 15 is 0 Å². The van der Waals surface area contributed by atoms with Crippen molar-refractivity contribution in [2.75, 3.05) is 47.6 Å². The molecule has 1 fully saturated rings. The highest BCUT2D eigenvalue weighted by atomic mass is 32.2. The lowest BCUT2D eigenvalue weighted by atomic mass is 9.97. The molecule has 3 aromatic rings. The molecule has 1 saturated heterocycles. The average Bonchev–Trinajstić information content (AvgIpc) is 3.56. The highest BCUT2D eigenvalue weighted by molar-refractivity contribution is 7.89. The maximum absolute atomic E-state index is 13.8. The van der Waals surface area contributed by atoms with Gasteiger partial charge in [-0.25, -0.2) is 13.2 Å². The number of methoxy groups -OCH3 is 3. The summed E-state index contributed by atoms with van der Waals surface area (Å²) in [4.78, 5) is 13.1. The fraction of sp³-hybridized carbons (Fsp3) is 0.441. The number of alkyl carbamates (subject to hydrolysis) is 1. The number of carbonyl (C=O) groups is 1. The van der Waals surface area contributed by atoms with Gasteiger partial charge >= 0.3 is 6.09 Å². The number of sulfonamides is 1. The minimum Gasteiger partial charge on any atom is -0.497 e. The van der Waals surface area contributed by atoms with Crippen LogP contribution in [0.2, 0.25) is 0 Å². The van der Waals surface area contributed by atoms with Crippen molar-refractivity contribution >= 4 is 16.1 Å². The molecule has 1 aliphatic rings. The van der Waals surface area contributed by atoms with Gasteiger partial charge in [0.25, 0.3) is 0 Å². The number of benzene rings is 3. The fourth-order valence-electron chi connectivity index (χ4n) is 5.24. The molecule has 0 aliphatic carbocycles.